The zero-order chi connectivity index (χ0) is 15.5. The molecule has 1 unspecified atom stereocenters. The van der Waals surface area contributed by atoms with E-state index in [2.05, 4.69) is 6.92 Å². The van der Waals surface area contributed by atoms with Crippen molar-refractivity contribution < 1.29 is 0 Å². The predicted molar refractivity (Wildman–Crippen MR) is 91.6 cm³/mol. The van der Waals surface area contributed by atoms with Crippen molar-refractivity contribution in [2.75, 3.05) is 19.6 Å². The van der Waals surface area contributed by atoms with Crippen LogP contribution in [-0.4, -0.2) is 25.7 Å². The minimum Gasteiger partial charge on any atom is -0.330 e. The van der Waals surface area contributed by atoms with Crippen LogP contribution < -0.4 is 22.9 Å². The smallest absolute Gasteiger partial charge is 0.0163 e. The molecule has 0 bridgehead atoms. The van der Waals surface area contributed by atoms with Crippen LogP contribution in [0.2, 0.25) is 0 Å². The summed E-state index contributed by atoms with van der Waals surface area (Å²) < 4.78 is 0. The Labute approximate surface area is 127 Å². The molecule has 0 aliphatic carbocycles. The molecular weight excluding hydrogens is 248 g/mol. The zero-order valence-corrected chi connectivity index (χ0v) is 13.8. The van der Waals surface area contributed by atoms with Crippen molar-refractivity contribution in [1.29, 1.82) is 0 Å². The molecule has 0 aromatic rings. The molecule has 0 aliphatic rings. The lowest BCUT2D eigenvalue weighted by Gasteiger charge is -2.07. The minimum absolute atomic E-state index is 0.232. The van der Waals surface area contributed by atoms with E-state index in [-0.39, 0.29) is 6.04 Å². The van der Waals surface area contributed by atoms with Gasteiger partial charge in [-0.25, -0.2) is 0 Å². The first-order chi connectivity index (χ1) is 9.72. The van der Waals surface area contributed by atoms with Crippen LogP contribution in [0.4, 0.5) is 0 Å². The molecule has 124 valence electrons. The van der Waals surface area contributed by atoms with Crippen molar-refractivity contribution in [1.82, 2.24) is 0 Å². The fourth-order valence-corrected chi connectivity index (χ4v) is 1.95. The Kier molecular flexibility index (Phi) is 23.4. The van der Waals surface area contributed by atoms with Gasteiger partial charge in [0.1, 0.15) is 0 Å². The maximum absolute atomic E-state index is 5.73. The summed E-state index contributed by atoms with van der Waals surface area (Å²) in [5, 5.41) is 0. The average molecular weight is 289 g/mol. The lowest BCUT2D eigenvalue weighted by molar-refractivity contribution is 0.530. The number of rotatable bonds is 13. The van der Waals surface area contributed by atoms with Gasteiger partial charge in [0.05, 0.1) is 0 Å². The summed E-state index contributed by atoms with van der Waals surface area (Å²) in [6.07, 6.45) is 14.2. The average Bonchev–Trinajstić information content (AvgIpc) is 2.48. The molecule has 0 fully saturated rings. The SMILES string of the molecule is CCCCCCCCCCC(N)CN.NCCCCN. The van der Waals surface area contributed by atoms with E-state index in [4.69, 9.17) is 22.9 Å². The Morgan fingerprint density at radius 3 is 1.50 bits per heavy atom. The molecule has 0 aromatic carbocycles. The van der Waals surface area contributed by atoms with Gasteiger partial charge in [-0.15, -0.1) is 0 Å². The fraction of sp³-hybridized carbons (Fsp3) is 1.00. The standard InChI is InChI=1S/C12H28N2.C4H12N2/c1-2-3-4-5-6-7-8-9-10-12(14)11-13;5-3-1-2-4-6/h12H,2-11,13-14H2,1H3;1-6H2. The molecule has 0 radical (unpaired) electrons. The Balaban J connectivity index is 0. The Morgan fingerprint density at radius 1 is 0.650 bits per heavy atom. The molecule has 1 atom stereocenters. The maximum Gasteiger partial charge on any atom is 0.0163 e. The van der Waals surface area contributed by atoms with Crippen LogP contribution in [0.25, 0.3) is 0 Å². The second kappa shape index (κ2) is 21.1. The molecule has 0 heterocycles. The van der Waals surface area contributed by atoms with E-state index in [9.17, 15) is 0 Å². The van der Waals surface area contributed by atoms with E-state index in [1.54, 1.807) is 0 Å². The summed E-state index contributed by atoms with van der Waals surface area (Å²) in [6, 6.07) is 0.232. The van der Waals surface area contributed by atoms with Gasteiger partial charge in [0.2, 0.25) is 0 Å². The number of hydrogen-bond acceptors (Lipinski definition) is 4. The van der Waals surface area contributed by atoms with Crippen LogP contribution in [0.1, 0.15) is 77.6 Å². The van der Waals surface area contributed by atoms with Crippen LogP contribution in [0.3, 0.4) is 0 Å². The molecule has 4 nitrogen and oxygen atoms in total. The topological polar surface area (TPSA) is 104 Å². The van der Waals surface area contributed by atoms with Crippen molar-refractivity contribution in [2.24, 2.45) is 22.9 Å². The molecule has 0 aromatic heterocycles. The molecule has 0 amide bonds. The van der Waals surface area contributed by atoms with Gasteiger partial charge in [-0.1, -0.05) is 58.3 Å². The van der Waals surface area contributed by atoms with Crippen molar-refractivity contribution >= 4 is 0 Å². The first-order valence-corrected chi connectivity index (χ1v) is 8.58. The van der Waals surface area contributed by atoms with Gasteiger partial charge < -0.3 is 22.9 Å². The van der Waals surface area contributed by atoms with E-state index in [0.29, 0.717) is 6.54 Å². The summed E-state index contributed by atoms with van der Waals surface area (Å²) in [5.41, 5.74) is 21.5. The van der Waals surface area contributed by atoms with Crippen LogP contribution in [0.15, 0.2) is 0 Å². The minimum atomic E-state index is 0.232. The first-order valence-electron chi connectivity index (χ1n) is 8.58. The summed E-state index contributed by atoms with van der Waals surface area (Å²) in [7, 11) is 0. The normalized spacial score (nSPS) is 11.8. The first kappa shape index (κ1) is 22.1. The van der Waals surface area contributed by atoms with Crippen molar-refractivity contribution in [3.63, 3.8) is 0 Å². The third kappa shape index (κ3) is 23.0. The van der Waals surface area contributed by atoms with Gasteiger partial charge in [0.15, 0.2) is 0 Å². The Morgan fingerprint density at radius 2 is 1.10 bits per heavy atom. The van der Waals surface area contributed by atoms with Gasteiger partial charge in [-0.05, 0) is 32.4 Å². The highest BCUT2D eigenvalue weighted by Gasteiger charge is 1.98. The highest BCUT2D eigenvalue weighted by Crippen LogP contribution is 2.09. The van der Waals surface area contributed by atoms with Crippen LogP contribution in [-0.2, 0) is 0 Å². The third-order valence-electron chi connectivity index (χ3n) is 3.39. The van der Waals surface area contributed by atoms with Gasteiger partial charge in [0, 0.05) is 12.6 Å². The summed E-state index contributed by atoms with van der Waals surface area (Å²) in [4.78, 5) is 0. The van der Waals surface area contributed by atoms with Gasteiger partial charge in [-0.3, -0.25) is 0 Å². The highest BCUT2D eigenvalue weighted by molar-refractivity contribution is 4.60. The van der Waals surface area contributed by atoms with E-state index < -0.39 is 0 Å². The van der Waals surface area contributed by atoms with Crippen molar-refractivity contribution in [2.45, 2.75) is 83.6 Å². The quantitative estimate of drug-likeness (QED) is 0.391. The monoisotopic (exact) mass is 288 g/mol. The molecule has 0 saturated heterocycles. The van der Waals surface area contributed by atoms with Gasteiger partial charge in [-0.2, -0.15) is 0 Å². The summed E-state index contributed by atoms with van der Waals surface area (Å²) in [6.45, 7) is 4.44. The Bertz CT molecular complexity index is 149. The van der Waals surface area contributed by atoms with Crippen LogP contribution in [0, 0.1) is 0 Å². The molecule has 4 heteroatoms. The summed E-state index contributed by atoms with van der Waals surface area (Å²) in [5.74, 6) is 0. The Hall–Kier alpha value is -0.160. The van der Waals surface area contributed by atoms with Crippen LogP contribution in [0.5, 0.6) is 0 Å². The molecule has 0 aliphatic heterocycles. The van der Waals surface area contributed by atoms with E-state index >= 15 is 0 Å². The summed E-state index contributed by atoms with van der Waals surface area (Å²) >= 11 is 0. The second-order valence-corrected chi connectivity index (χ2v) is 5.54. The molecule has 8 N–H and O–H groups in total. The highest BCUT2D eigenvalue weighted by atomic mass is 14.7. The maximum atomic E-state index is 5.73. The van der Waals surface area contributed by atoms with Gasteiger partial charge in [0.25, 0.3) is 0 Å². The molecule has 0 spiro atoms. The number of unbranched alkanes of at least 4 members (excludes halogenated alkanes) is 8. The molecule has 20 heavy (non-hydrogen) atoms. The van der Waals surface area contributed by atoms with E-state index in [1.807, 2.05) is 0 Å². The van der Waals surface area contributed by atoms with Crippen molar-refractivity contribution in [3.8, 4) is 0 Å². The predicted octanol–water partition coefficient (Wildman–Crippen LogP) is 2.49. The van der Waals surface area contributed by atoms with Gasteiger partial charge >= 0.3 is 0 Å². The van der Waals surface area contributed by atoms with E-state index in [0.717, 1.165) is 32.4 Å². The number of nitrogens with two attached hydrogens (primary N) is 4. The fourth-order valence-electron chi connectivity index (χ4n) is 1.95. The lowest BCUT2D eigenvalue weighted by Crippen LogP contribution is -2.29. The molecule has 0 rings (SSSR count). The van der Waals surface area contributed by atoms with Crippen molar-refractivity contribution in [3.05, 3.63) is 0 Å². The second-order valence-electron chi connectivity index (χ2n) is 5.54. The largest absolute Gasteiger partial charge is 0.330 e. The van der Waals surface area contributed by atoms with E-state index in [1.165, 1.54) is 51.4 Å². The third-order valence-corrected chi connectivity index (χ3v) is 3.39. The number of hydrogen-bond donors (Lipinski definition) is 4. The zero-order valence-electron chi connectivity index (χ0n) is 13.8. The molecular formula is C16H40N4. The van der Waals surface area contributed by atoms with Crippen LogP contribution >= 0.6 is 0 Å². The lowest BCUT2D eigenvalue weighted by atomic mass is 10.1. The molecule has 0 saturated carbocycles.